The zero-order valence-electron chi connectivity index (χ0n) is 9.35. The maximum atomic E-state index is 13.4. The van der Waals surface area contributed by atoms with E-state index >= 15 is 0 Å². The molecule has 2 nitrogen and oxygen atoms in total. The number of hydrogen-bond donors (Lipinski definition) is 1. The number of rotatable bonds is 3. The van der Waals surface area contributed by atoms with E-state index in [1.807, 2.05) is 0 Å². The fourth-order valence-corrected chi connectivity index (χ4v) is 1.99. The average molecular weight is 324 g/mol. The Morgan fingerprint density at radius 2 is 1.79 bits per heavy atom. The van der Waals surface area contributed by atoms with E-state index in [1.165, 1.54) is 6.07 Å². The lowest BCUT2D eigenvalue weighted by atomic mass is 10.2. The van der Waals surface area contributed by atoms with E-state index in [0.717, 1.165) is 18.2 Å². The summed E-state index contributed by atoms with van der Waals surface area (Å²) in [5.74, 6) is -0.795. The molecule has 19 heavy (non-hydrogen) atoms. The van der Waals surface area contributed by atoms with Crippen molar-refractivity contribution in [3.8, 4) is 0 Å². The topological polar surface area (TPSA) is 24.9 Å². The highest BCUT2D eigenvalue weighted by atomic mass is 35.5. The molecule has 0 spiro atoms. The number of aromatic nitrogens is 1. The highest BCUT2D eigenvalue weighted by molar-refractivity contribution is 6.42. The van der Waals surface area contributed by atoms with Crippen LogP contribution < -0.4 is 5.32 Å². The van der Waals surface area contributed by atoms with Gasteiger partial charge >= 0.3 is 0 Å². The van der Waals surface area contributed by atoms with E-state index in [2.05, 4.69) is 10.3 Å². The minimum absolute atomic E-state index is 0.0221. The molecule has 7 heteroatoms. The lowest BCUT2D eigenvalue weighted by Crippen LogP contribution is -2.04. The lowest BCUT2D eigenvalue weighted by molar-refractivity contribution is 0.587. The quantitative estimate of drug-likeness (QED) is 0.810. The number of nitrogens with one attached hydrogen (secondary N) is 1. The van der Waals surface area contributed by atoms with Crippen molar-refractivity contribution in [1.82, 2.24) is 4.98 Å². The molecule has 0 unspecified atom stereocenters. The van der Waals surface area contributed by atoms with E-state index in [0.29, 0.717) is 0 Å². The SMILES string of the molecule is Fc1ccc(F)c(CNc2nc(Cl)c(Cl)cc2Cl)c1. The van der Waals surface area contributed by atoms with Gasteiger partial charge in [0.1, 0.15) is 22.6 Å². The molecule has 0 saturated heterocycles. The van der Waals surface area contributed by atoms with Gasteiger partial charge in [-0.2, -0.15) is 0 Å². The van der Waals surface area contributed by atoms with E-state index in [4.69, 9.17) is 34.8 Å². The smallest absolute Gasteiger partial charge is 0.150 e. The van der Waals surface area contributed by atoms with Crippen LogP contribution >= 0.6 is 34.8 Å². The summed E-state index contributed by atoms with van der Waals surface area (Å²) in [4.78, 5) is 3.91. The van der Waals surface area contributed by atoms with Crippen molar-refractivity contribution in [2.45, 2.75) is 6.54 Å². The summed E-state index contributed by atoms with van der Waals surface area (Å²) in [7, 11) is 0. The fraction of sp³-hybridized carbons (Fsp3) is 0.0833. The summed E-state index contributed by atoms with van der Waals surface area (Å²) in [6.07, 6.45) is 0. The second-order valence-corrected chi connectivity index (χ2v) is 4.85. The third-order valence-corrected chi connectivity index (χ3v) is 3.30. The maximum absolute atomic E-state index is 13.4. The van der Waals surface area contributed by atoms with Crippen LogP contribution in [0.25, 0.3) is 0 Å². The second kappa shape index (κ2) is 5.90. The average Bonchev–Trinajstić information content (AvgIpc) is 2.36. The largest absolute Gasteiger partial charge is 0.365 e. The summed E-state index contributed by atoms with van der Waals surface area (Å²) in [5.41, 5.74) is 0.156. The molecular weight excluding hydrogens is 317 g/mol. The van der Waals surface area contributed by atoms with Gasteiger partial charge < -0.3 is 5.32 Å². The number of benzene rings is 1. The Hall–Kier alpha value is -1.10. The van der Waals surface area contributed by atoms with Crippen LogP contribution in [-0.2, 0) is 6.54 Å². The lowest BCUT2D eigenvalue weighted by Gasteiger charge is -2.09. The zero-order valence-corrected chi connectivity index (χ0v) is 11.6. The molecule has 0 aliphatic heterocycles. The third kappa shape index (κ3) is 3.47. The summed E-state index contributed by atoms with van der Waals surface area (Å²) < 4.78 is 26.4. The Bertz CT molecular complexity index is 620. The minimum atomic E-state index is -0.523. The van der Waals surface area contributed by atoms with Gasteiger partial charge in [-0.05, 0) is 24.3 Å². The Morgan fingerprint density at radius 3 is 2.53 bits per heavy atom. The fourth-order valence-electron chi connectivity index (χ4n) is 1.43. The Labute approximate surface area is 123 Å². The van der Waals surface area contributed by atoms with Gasteiger partial charge in [0.2, 0.25) is 0 Å². The van der Waals surface area contributed by atoms with E-state index in [-0.39, 0.29) is 33.1 Å². The molecule has 0 saturated carbocycles. The van der Waals surface area contributed by atoms with Crippen LogP contribution in [0, 0.1) is 11.6 Å². The molecule has 0 atom stereocenters. The Morgan fingerprint density at radius 1 is 1.05 bits per heavy atom. The van der Waals surface area contributed by atoms with Crippen LogP contribution in [0.15, 0.2) is 24.3 Å². The van der Waals surface area contributed by atoms with Crippen LogP contribution in [0.3, 0.4) is 0 Å². The molecule has 0 radical (unpaired) electrons. The molecule has 1 aromatic carbocycles. The zero-order chi connectivity index (χ0) is 14.0. The van der Waals surface area contributed by atoms with Crippen LogP contribution in [0.4, 0.5) is 14.6 Å². The van der Waals surface area contributed by atoms with Crippen LogP contribution in [0.1, 0.15) is 5.56 Å². The molecule has 0 fully saturated rings. The van der Waals surface area contributed by atoms with Crippen molar-refractivity contribution in [2.24, 2.45) is 0 Å². The van der Waals surface area contributed by atoms with Crippen molar-refractivity contribution in [2.75, 3.05) is 5.32 Å². The Balaban J connectivity index is 2.19. The number of pyridine rings is 1. The third-order valence-electron chi connectivity index (χ3n) is 2.34. The van der Waals surface area contributed by atoms with Gasteiger partial charge in [-0.3, -0.25) is 0 Å². The van der Waals surface area contributed by atoms with Gasteiger partial charge in [-0.25, -0.2) is 13.8 Å². The van der Waals surface area contributed by atoms with Crippen LogP contribution in [0.5, 0.6) is 0 Å². The summed E-state index contributed by atoms with van der Waals surface area (Å²) >= 11 is 17.4. The van der Waals surface area contributed by atoms with Crippen LogP contribution in [-0.4, -0.2) is 4.98 Å². The molecule has 100 valence electrons. The van der Waals surface area contributed by atoms with Gasteiger partial charge in [0, 0.05) is 12.1 Å². The first-order valence-electron chi connectivity index (χ1n) is 5.16. The van der Waals surface area contributed by atoms with Crippen molar-refractivity contribution in [3.05, 3.63) is 56.7 Å². The van der Waals surface area contributed by atoms with Crippen molar-refractivity contribution >= 4 is 40.6 Å². The highest BCUT2D eigenvalue weighted by Gasteiger charge is 2.09. The normalized spacial score (nSPS) is 10.6. The predicted molar refractivity (Wildman–Crippen MR) is 73.0 cm³/mol. The summed E-state index contributed by atoms with van der Waals surface area (Å²) in [5, 5.41) is 3.31. The molecule has 2 rings (SSSR count). The number of nitrogens with zero attached hydrogens (tertiary/aromatic N) is 1. The van der Waals surface area contributed by atoms with Gasteiger partial charge in [-0.1, -0.05) is 34.8 Å². The molecule has 0 bridgehead atoms. The molecule has 1 aromatic heterocycles. The molecular formula is C12H7Cl3F2N2. The van der Waals surface area contributed by atoms with Gasteiger partial charge in [0.25, 0.3) is 0 Å². The first-order valence-corrected chi connectivity index (χ1v) is 6.30. The van der Waals surface area contributed by atoms with Gasteiger partial charge in [0.05, 0.1) is 10.0 Å². The van der Waals surface area contributed by atoms with Crippen molar-refractivity contribution in [3.63, 3.8) is 0 Å². The molecule has 2 aromatic rings. The summed E-state index contributed by atoms with van der Waals surface area (Å²) in [6, 6.07) is 4.61. The summed E-state index contributed by atoms with van der Waals surface area (Å²) in [6.45, 7) is 0.0221. The monoisotopic (exact) mass is 322 g/mol. The first-order chi connectivity index (χ1) is 8.97. The molecule has 0 aliphatic carbocycles. The molecule has 0 amide bonds. The Kier molecular flexibility index (Phi) is 4.45. The predicted octanol–water partition coefficient (Wildman–Crippen LogP) is 4.93. The van der Waals surface area contributed by atoms with Crippen molar-refractivity contribution in [1.29, 1.82) is 0 Å². The second-order valence-electron chi connectivity index (χ2n) is 3.68. The number of halogens is 5. The number of anilines is 1. The van der Waals surface area contributed by atoms with Crippen LogP contribution in [0.2, 0.25) is 15.2 Å². The van der Waals surface area contributed by atoms with Crippen molar-refractivity contribution < 1.29 is 8.78 Å². The van der Waals surface area contributed by atoms with E-state index in [1.54, 1.807) is 0 Å². The first kappa shape index (κ1) is 14.3. The number of hydrogen-bond acceptors (Lipinski definition) is 2. The van der Waals surface area contributed by atoms with Gasteiger partial charge in [0.15, 0.2) is 0 Å². The molecule has 1 heterocycles. The van der Waals surface area contributed by atoms with E-state index < -0.39 is 11.6 Å². The van der Waals surface area contributed by atoms with Gasteiger partial charge in [-0.15, -0.1) is 0 Å². The standard InChI is InChI=1S/C12H7Cl3F2N2/c13-8-4-9(14)12(19-11(8)15)18-5-6-3-7(16)1-2-10(6)17/h1-4H,5H2,(H,18,19). The molecule has 0 aliphatic rings. The highest BCUT2D eigenvalue weighted by Crippen LogP contribution is 2.29. The molecule has 1 N–H and O–H groups in total. The maximum Gasteiger partial charge on any atom is 0.150 e. The minimum Gasteiger partial charge on any atom is -0.365 e. The van der Waals surface area contributed by atoms with E-state index in [9.17, 15) is 8.78 Å².